The SMILES string of the molecule is CC(C)(C)OC(=O)C1C(=O)NC(=O)CC1[C@@H](OCc1ccccc1)[C@H](OCc1ccccc1)[C@H](COCc1ccccc1)OCc1ccccc1. The van der Waals surface area contributed by atoms with E-state index < -0.39 is 53.5 Å². The Morgan fingerprint density at radius 2 is 1.12 bits per heavy atom. The molecule has 1 aliphatic heterocycles. The number of amides is 2. The Morgan fingerprint density at radius 1 is 0.667 bits per heavy atom. The van der Waals surface area contributed by atoms with Gasteiger partial charge in [-0.1, -0.05) is 121 Å². The van der Waals surface area contributed by atoms with Crippen LogP contribution in [0.5, 0.6) is 0 Å². The van der Waals surface area contributed by atoms with Gasteiger partial charge in [0.1, 0.15) is 23.7 Å². The molecule has 0 radical (unpaired) electrons. The molecule has 0 aliphatic carbocycles. The first-order valence-corrected chi connectivity index (χ1v) is 17.3. The fraction of sp³-hybridized carbons (Fsp3) is 0.357. The highest BCUT2D eigenvalue weighted by Crippen LogP contribution is 2.34. The molecule has 1 aliphatic rings. The summed E-state index contributed by atoms with van der Waals surface area (Å²) >= 11 is 0. The lowest BCUT2D eigenvalue weighted by atomic mass is 9.78. The Morgan fingerprint density at radius 3 is 1.61 bits per heavy atom. The number of carbonyl (C=O) groups excluding carboxylic acids is 3. The van der Waals surface area contributed by atoms with E-state index in [2.05, 4.69) is 5.32 Å². The zero-order valence-corrected chi connectivity index (χ0v) is 29.4. The van der Waals surface area contributed by atoms with Gasteiger partial charge >= 0.3 is 5.97 Å². The van der Waals surface area contributed by atoms with Crippen LogP contribution in [0.2, 0.25) is 0 Å². The molecule has 1 saturated heterocycles. The smallest absolute Gasteiger partial charge is 0.319 e. The van der Waals surface area contributed by atoms with E-state index in [0.717, 1.165) is 22.3 Å². The van der Waals surface area contributed by atoms with E-state index in [1.165, 1.54) is 0 Å². The summed E-state index contributed by atoms with van der Waals surface area (Å²) in [4.78, 5) is 40.4. The minimum atomic E-state index is -1.34. The minimum Gasteiger partial charge on any atom is -0.459 e. The van der Waals surface area contributed by atoms with Crippen LogP contribution in [0.15, 0.2) is 121 Å². The maximum atomic E-state index is 13.8. The van der Waals surface area contributed by atoms with Crippen LogP contribution in [-0.2, 0) is 64.5 Å². The third-order valence-electron chi connectivity index (χ3n) is 8.44. The normalized spacial score (nSPS) is 18.0. The number of nitrogens with one attached hydrogen (secondary N) is 1. The Kier molecular flexibility index (Phi) is 13.7. The van der Waals surface area contributed by atoms with Crippen LogP contribution >= 0.6 is 0 Å². The lowest BCUT2D eigenvalue weighted by Crippen LogP contribution is -2.58. The average molecular weight is 694 g/mol. The molecular formula is C42H47NO8. The topological polar surface area (TPSA) is 109 Å². The summed E-state index contributed by atoms with van der Waals surface area (Å²) in [6.45, 7) is 6.14. The molecule has 268 valence electrons. The maximum absolute atomic E-state index is 13.8. The van der Waals surface area contributed by atoms with Crippen molar-refractivity contribution >= 4 is 17.8 Å². The first-order chi connectivity index (χ1) is 24.7. The van der Waals surface area contributed by atoms with Crippen molar-refractivity contribution in [1.29, 1.82) is 0 Å². The minimum absolute atomic E-state index is 0.0936. The zero-order chi connectivity index (χ0) is 36.1. The molecule has 9 heteroatoms. The summed E-state index contributed by atoms with van der Waals surface area (Å²) in [5, 5.41) is 2.35. The van der Waals surface area contributed by atoms with Crippen molar-refractivity contribution in [2.24, 2.45) is 11.8 Å². The fourth-order valence-electron chi connectivity index (χ4n) is 6.04. The molecule has 9 nitrogen and oxygen atoms in total. The zero-order valence-electron chi connectivity index (χ0n) is 29.4. The van der Waals surface area contributed by atoms with E-state index in [0.29, 0.717) is 6.61 Å². The number of carbonyl (C=O) groups is 3. The molecule has 51 heavy (non-hydrogen) atoms. The number of benzene rings is 4. The second kappa shape index (κ2) is 18.5. The van der Waals surface area contributed by atoms with Gasteiger partial charge in [0.2, 0.25) is 11.8 Å². The predicted molar refractivity (Wildman–Crippen MR) is 192 cm³/mol. The number of ether oxygens (including phenoxy) is 5. The summed E-state index contributed by atoms with van der Waals surface area (Å²) in [6.07, 6.45) is -2.81. The van der Waals surface area contributed by atoms with Crippen LogP contribution in [-0.4, -0.2) is 48.3 Å². The molecule has 2 unspecified atom stereocenters. The highest BCUT2D eigenvalue weighted by Gasteiger charge is 2.50. The molecular weight excluding hydrogens is 646 g/mol. The number of rotatable bonds is 17. The molecule has 0 spiro atoms. The van der Waals surface area contributed by atoms with Gasteiger partial charge in [-0.3, -0.25) is 19.7 Å². The summed E-state index contributed by atoms with van der Waals surface area (Å²) in [6, 6.07) is 38.8. The third-order valence-corrected chi connectivity index (χ3v) is 8.44. The van der Waals surface area contributed by atoms with Gasteiger partial charge in [0.05, 0.1) is 39.1 Å². The number of hydrogen-bond acceptors (Lipinski definition) is 8. The summed E-state index contributed by atoms with van der Waals surface area (Å²) in [5.41, 5.74) is 2.81. The van der Waals surface area contributed by atoms with Crippen LogP contribution in [0, 0.1) is 11.8 Å². The van der Waals surface area contributed by atoms with Crippen LogP contribution < -0.4 is 5.32 Å². The predicted octanol–water partition coefficient (Wildman–Crippen LogP) is 6.58. The quantitative estimate of drug-likeness (QED) is 0.0751. The largest absolute Gasteiger partial charge is 0.459 e. The second-order valence-electron chi connectivity index (χ2n) is 13.6. The monoisotopic (exact) mass is 693 g/mol. The van der Waals surface area contributed by atoms with Gasteiger partial charge in [0.15, 0.2) is 0 Å². The van der Waals surface area contributed by atoms with Crippen molar-refractivity contribution < 1.29 is 38.1 Å². The summed E-state index contributed by atoms with van der Waals surface area (Å²) < 4.78 is 32.2. The summed E-state index contributed by atoms with van der Waals surface area (Å²) in [7, 11) is 0. The van der Waals surface area contributed by atoms with Crippen molar-refractivity contribution in [3.63, 3.8) is 0 Å². The number of piperidine rings is 1. The number of hydrogen-bond donors (Lipinski definition) is 1. The molecule has 1 N–H and O–H groups in total. The molecule has 0 aromatic heterocycles. The van der Waals surface area contributed by atoms with Gasteiger partial charge < -0.3 is 23.7 Å². The lowest BCUT2D eigenvalue weighted by molar-refractivity contribution is -0.196. The molecule has 1 heterocycles. The summed E-state index contributed by atoms with van der Waals surface area (Å²) in [5.74, 6) is -4.27. The molecule has 4 aromatic rings. The highest BCUT2D eigenvalue weighted by molar-refractivity contribution is 6.08. The fourth-order valence-corrected chi connectivity index (χ4v) is 6.04. The van der Waals surface area contributed by atoms with E-state index in [-0.39, 0.29) is 32.8 Å². The van der Waals surface area contributed by atoms with Gasteiger partial charge in [-0.05, 0) is 43.0 Å². The molecule has 5 atom stereocenters. The lowest BCUT2D eigenvalue weighted by Gasteiger charge is -2.41. The molecule has 0 saturated carbocycles. The third kappa shape index (κ3) is 11.7. The van der Waals surface area contributed by atoms with Gasteiger partial charge in [0, 0.05) is 12.3 Å². The van der Waals surface area contributed by atoms with Crippen LogP contribution in [0.3, 0.4) is 0 Å². The number of imide groups is 1. The second-order valence-corrected chi connectivity index (χ2v) is 13.6. The van der Waals surface area contributed by atoms with Crippen LogP contribution in [0.25, 0.3) is 0 Å². The molecule has 1 fully saturated rings. The van der Waals surface area contributed by atoms with Crippen LogP contribution in [0.4, 0.5) is 0 Å². The maximum Gasteiger partial charge on any atom is 0.319 e. The molecule has 5 rings (SSSR count). The van der Waals surface area contributed by atoms with Gasteiger partial charge in [-0.15, -0.1) is 0 Å². The first-order valence-electron chi connectivity index (χ1n) is 17.3. The van der Waals surface area contributed by atoms with E-state index >= 15 is 0 Å². The van der Waals surface area contributed by atoms with Crippen molar-refractivity contribution in [2.75, 3.05) is 6.61 Å². The van der Waals surface area contributed by atoms with Crippen LogP contribution in [0.1, 0.15) is 49.4 Å². The Balaban J connectivity index is 1.55. The highest BCUT2D eigenvalue weighted by atomic mass is 16.6. The Hall–Kier alpha value is -4.67. The van der Waals surface area contributed by atoms with Gasteiger partial charge in [-0.25, -0.2) is 0 Å². The van der Waals surface area contributed by atoms with E-state index in [1.807, 2.05) is 121 Å². The van der Waals surface area contributed by atoms with E-state index in [4.69, 9.17) is 23.7 Å². The number of esters is 1. The molecule has 0 bridgehead atoms. The van der Waals surface area contributed by atoms with Crippen molar-refractivity contribution in [1.82, 2.24) is 5.32 Å². The average Bonchev–Trinajstić information content (AvgIpc) is 3.12. The first kappa shape index (κ1) is 37.6. The van der Waals surface area contributed by atoms with Crippen molar-refractivity contribution in [3.8, 4) is 0 Å². The van der Waals surface area contributed by atoms with Gasteiger partial charge in [-0.2, -0.15) is 0 Å². The standard InChI is InChI=1S/C42H47NO8/c1-42(2,3)51-41(46)37-34(24-36(44)43-40(37)45)38(49-27-32-20-12-6-13-21-32)39(50-28-33-22-14-7-15-23-33)35(48-26-31-18-10-5-11-19-31)29-47-25-30-16-8-4-9-17-30/h4-23,34-35,37-39H,24-29H2,1-3H3,(H,43,44,45)/t34?,35-,37?,38+,39+/m0/s1. The Bertz CT molecular complexity index is 1660. The van der Waals surface area contributed by atoms with Crippen molar-refractivity contribution in [3.05, 3.63) is 144 Å². The Labute approximate surface area is 300 Å². The van der Waals surface area contributed by atoms with Gasteiger partial charge in [0.25, 0.3) is 0 Å². The van der Waals surface area contributed by atoms with E-state index in [9.17, 15) is 14.4 Å². The van der Waals surface area contributed by atoms with E-state index in [1.54, 1.807) is 20.8 Å². The molecule has 2 amide bonds. The molecule has 4 aromatic carbocycles. The van der Waals surface area contributed by atoms with Crippen molar-refractivity contribution in [2.45, 2.75) is 77.5 Å².